The van der Waals surface area contributed by atoms with E-state index in [1.807, 2.05) is 6.07 Å². The molecule has 1 N–H and O–H groups in total. The molecule has 0 spiro atoms. The lowest BCUT2D eigenvalue weighted by Gasteiger charge is -2.27. The molecule has 1 saturated heterocycles. The molecule has 1 aliphatic rings. The Morgan fingerprint density at radius 3 is 2.69 bits per heavy atom. The summed E-state index contributed by atoms with van der Waals surface area (Å²) in [5.74, 6) is -0.199. The van der Waals surface area contributed by atoms with Crippen LogP contribution in [0.3, 0.4) is 0 Å². The SMILES string of the molecule is Fc1cc(I)cc(NC2COC2)c1. The predicted octanol–water partition coefficient (Wildman–Crippen LogP) is 2.24. The summed E-state index contributed by atoms with van der Waals surface area (Å²) in [7, 11) is 0. The molecule has 0 bridgehead atoms. The first-order valence-corrected chi connectivity index (χ1v) is 5.12. The third kappa shape index (κ3) is 2.31. The molecule has 0 atom stereocenters. The molecule has 0 amide bonds. The van der Waals surface area contributed by atoms with Gasteiger partial charge in [-0.1, -0.05) is 0 Å². The molecule has 0 radical (unpaired) electrons. The minimum Gasteiger partial charge on any atom is -0.378 e. The van der Waals surface area contributed by atoms with E-state index in [1.54, 1.807) is 0 Å². The lowest BCUT2D eigenvalue weighted by atomic mass is 10.2. The summed E-state index contributed by atoms with van der Waals surface area (Å²) in [4.78, 5) is 0. The van der Waals surface area contributed by atoms with E-state index in [2.05, 4.69) is 27.9 Å². The standard InChI is InChI=1S/C9H9FINO/c10-6-1-7(11)3-8(2-6)12-9-4-13-5-9/h1-3,9,12H,4-5H2. The molecule has 0 unspecified atom stereocenters. The van der Waals surface area contributed by atoms with Crippen molar-refractivity contribution in [3.05, 3.63) is 27.6 Å². The first-order valence-electron chi connectivity index (χ1n) is 4.04. The van der Waals surface area contributed by atoms with Gasteiger partial charge in [0.2, 0.25) is 0 Å². The fourth-order valence-corrected chi connectivity index (χ4v) is 1.82. The zero-order valence-electron chi connectivity index (χ0n) is 6.89. The summed E-state index contributed by atoms with van der Waals surface area (Å²) in [5.41, 5.74) is 0.831. The van der Waals surface area contributed by atoms with Gasteiger partial charge in [-0.3, -0.25) is 0 Å². The van der Waals surface area contributed by atoms with Gasteiger partial charge in [-0.05, 0) is 40.8 Å². The van der Waals surface area contributed by atoms with Crippen molar-refractivity contribution in [1.82, 2.24) is 0 Å². The molecule has 1 aromatic carbocycles. The van der Waals surface area contributed by atoms with Crippen LogP contribution < -0.4 is 5.32 Å². The van der Waals surface area contributed by atoms with Crippen molar-refractivity contribution < 1.29 is 9.13 Å². The van der Waals surface area contributed by atoms with Crippen LogP contribution in [0.25, 0.3) is 0 Å². The Morgan fingerprint density at radius 1 is 1.38 bits per heavy atom. The quantitative estimate of drug-likeness (QED) is 0.844. The van der Waals surface area contributed by atoms with E-state index in [-0.39, 0.29) is 5.82 Å². The van der Waals surface area contributed by atoms with Crippen molar-refractivity contribution in [3.63, 3.8) is 0 Å². The van der Waals surface area contributed by atoms with E-state index in [0.29, 0.717) is 19.3 Å². The molecule has 1 aromatic rings. The molecule has 2 nitrogen and oxygen atoms in total. The first kappa shape index (κ1) is 9.21. The summed E-state index contributed by atoms with van der Waals surface area (Å²) in [6.07, 6.45) is 0. The minimum atomic E-state index is -0.199. The number of benzene rings is 1. The van der Waals surface area contributed by atoms with Gasteiger partial charge in [0.25, 0.3) is 0 Å². The largest absolute Gasteiger partial charge is 0.378 e. The van der Waals surface area contributed by atoms with Gasteiger partial charge in [-0.15, -0.1) is 0 Å². The van der Waals surface area contributed by atoms with Gasteiger partial charge in [0, 0.05) is 9.26 Å². The van der Waals surface area contributed by atoms with Crippen LogP contribution in [-0.4, -0.2) is 19.3 Å². The number of hydrogen-bond donors (Lipinski definition) is 1. The third-order valence-electron chi connectivity index (χ3n) is 1.87. The molecule has 1 fully saturated rings. The number of nitrogens with one attached hydrogen (secondary N) is 1. The Morgan fingerprint density at radius 2 is 2.15 bits per heavy atom. The fourth-order valence-electron chi connectivity index (χ4n) is 1.19. The van der Waals surface area contributed by atoms with Crippen LogP contribution in [0.4, 0.5) is 10.1 Å². The second-order valence-electron chi connectivity index (χ2n) is 3.04. The van der Waals surface area contributed by atoms with Crippen LogP contribution >= 0.6 is 22.6 Å². The van der Waals surface area contributed by atoms with E-state index in [4.69, 9.17) is 4.74 Å². The van der Waals surface area contributed by atoms with Crippen molar-refractivity contribution in [2.45, 2.75) is 6.04 Å². The highest BCUT2D eigenvalue weighted by Crippen LogP contribution is 2.18. The summed E-state index contributed by atoms with van der Waals surface area (Å²) in [6.45, 7) is 1.43. The molecule has 1 aliphatic heterocycles. The second kappa shape index (κ2) is 3.79. The molecule has 1 heterocycles. The Hall–Kier alpha value is -0.360. The number of hydrogen-bond acceptors (Lipinski definition) is 2. The normalized spacial score (nSPS) is 16.8. The lowest BCUT2D eigenvalue weighted by Crippen LogP contribution is -2.40. The number of rotatable bonds is 2. The third-order valence-corrected chi connectivity index (χ3v) is 2.49. The molecule has 70 valence electrons. The van der Waals surface area contributed by atoms with Crippen LogP contribution in [0.1, 0.15) is 0 Å². The summed E-state index contributed by atoms with van der Waals surface area (Å²) < 4.78 is 18.8. The summed E-state index contributed by atoms with van der Waals surface area (Å²) >= 11 is 2.10. The van der Waals surface area contributed by atoms with Crippen molar-refractivity contribution in [1.29, 1.82) is 0 Å². The number of ether oxygens (including phenoxy) is 1. The summed E-state index contributed by atoms with van der Waals surface area (Å²) in [6, 6.07) is 5.27. The monoisotopic (exact) mass is 293 g/mol. The molecular formula is C9H9FINO. The molecule has 0 aromatic heterocycles. The summed E-state index contributed by atoms with van der Waals surface area (Å²) in [5, 5.41) is 3.19. The average Bonchev–Trinajstić information content (AvgIpc) is 1.95. The van der Waals surface area contributed by atoms with Gasteiger partial charge < -0.3 is 10.1 Å². The topological polar surface area (TPSA) is 21.3 Å². The first-order chi connectivity index (χ1) is 6.24. The average molecular weight is 293 g/mol. The van der Waals surface area contributed by atoms with E-state index in [1.165, 1.54) is 12.1 Å². The van der Waals surface area contributed by atoms with Crippen LogP contribution in [-0.2, 0) is 4.74 Å². The molecule has 4 heteroatoms. The Kier molecular flexibility index (Phi) is 2.69. The zero-order valence-corrected chi connectivity index (χ0v) is 9.05. The molecule has 2 rings (SSSR count). The maximum atomic E-state index is 12.9. The Labute approximate surface area is 89.6 Å². The van der Waals surface area contributed by atoms with Crippen LogP contribution in [0.15, 0.2) is 18.2 Å². The Balaban J connectivity index is 2.10. The Bertz CT molecular complexity index is 294. The highest BCUT2D eigenvalue weighted by Gasteiger charge is 2.17. The van der Waals surface area contributed by atoms with Gasteiger partial charge in [0.1, 0.15) is 5.82 Å². The fraction of sp³-hybridized carbons (Fsp3) is 0.333. The highest BCUT2D eigenvalue weighted by atomic mass is 127. The van der Waals surface area contributed by atoms with Gasteiger partial charge in [-0.25, -0.2) is 4.39 Å². The minimum absolute atomic E-state index is 0.199. The lowest BCUT2D eigenvalue weighted by molar-refractivity contribution is 0.0211. The van der Waals surface area contributed by atoms with Gasteiger partial charge in [0.05, 0.1) is 19.3 Å². The smallest absolute Gasteiger partial charge is 0.126 e. The second-order valence-corrected chi connectivity index (χ2v) is 4.28. The molecule has 0 saturated carbocycles. The van der Waals surface area contributed by atoms with Gasteiger partial charge in [-0.2, -0.15) is 0 Å². The van der Waals surface area contributed by atoms with E-state index >= 15 is 0 Å². The van der Waals surface area contributed by atoms with Crippen LogP contribution in [0.2, 0.25) is 0 Å². The molecular weight excluding hydrogens is 284 g/mol. The van der Waals surface area contributed by atoms with Crippen LogP contribution in [0.5, 0.6) is 0 Å². The van der Waals surface area contributed by atoms with E-state index in [9.17, 15) is 4.39 Å². The van der Waals surface area contributed by atoms with Crippen molar-refractivity contribution in [3.8, 4) is 0 Å². The highest BCUT2D eigenvalue weighted by molar-refractivity contribution is 14.1. The van der Waals surface area contributed by atoms with Gasteiger partial charge in [0.15, 0.2) is 0 Å². The zero-order chi connectivity index (χ0) is 9.26. The molecule has 13 heavy (non-hydrogen) atoms. The van der Waals surface area contributed by atoms with E-state index in [0.717, 1.165) is 9.26 Å². The van der Waals surface area contributed by atoms with E-state index < -0.39 is 0 Å². The number of halogens is 2. The van der Waals surface area contributed by atoms with Gasteiger partial charge >= 0.3 is 0 Å². The van der Waals surface area contributed by atoms with Crippen LogP contribution in [0, 0.1) is 9.39 Å². The maximum absolute atomic E-state index is 12.9. The number of anilines is 1. The maximum Gasteiger partial charge on any atom is 0.126 e. The predicted molar refractivity (Wildman–Crippen MR) is 57.3 cm³/mol. The van der Waals surface area contributed by atoms with Crippen molar-refractivity contribution >= 4 is 28.3 Å². The van der Waals surface area contributed by atoms with Crippen molar-refractivity contribution in [2.75, 3.05) is 18.5 Å². The van der Waals surface area contributed by atoms with Crippen molar-refractivity contribution in [2.24, 2.45) is 0 Å². The molecule has 0 aliphatic carbocycles.